The summed E-state index contributed by atoms with van der Waals surface area (Å²) >= 11 is 0. The molecule has 0 spiro atoms. The van der Waals surface area contributed by atoms with Gasteiger partial charge in [0.15, 0.2) is 11.6 Å². The highest BCUT2D eigenvalue weighted by molar-refractivity contribution is 5.93. The number of nitrogens with one attached hydrogen (secondary N) is 2. The Morgan fingerprint density at radius 1 is 1.18 bits per heavy atom. The van der Waals surface area contributed by atoms with Crippen molar-refractivity contribution in [2.24, 2.45) is 5.92 Å². The number of hydrogen-bond acceptors (Lipinski definition) is 9. The highest BCUT2D eigenvalue weighted by atomic mass is 19.1. The van der Waals surface area contributed by atoms with E-state index in [9.17, 15) is 14.0 Å². The zero-order chi connectivity index (χ0) is 27.1. The van der Waals surface area contributed by atoms with E-state index in [4.69, 9.17) is 9.84 Å². The number of aryl methyl sites for hydroxylation is 1. The predicted molar refractivity (Wildman–Crippen MR) is 133 cm³/mol. The van der Waals surface area contributed by atoms with Crippen LogP contribution in [0.25, 0.3) is 11.5 Å². The third-order valence-electron chi connectivity index (χ3n) is 6.23. The van der Waals surface area contributed by atoms with Gasteiger partial charge in [-0.05, 0) is 67.5 Å². The smallest absolute Gasteiger partial charge is 0.270 e. The molecule has 38 heavy (non-hydrogen) atoms. The molecule has 13 heteroatoms. The van der Waals surface area contributed by atoms with Crippen LogP contribution in [0, 0.1) is 18.7 Å². The second-order valence-corrected chi connectivity index (χ2v) is 9.29. The second-order valence-electron chi connectivity index (χ2n) is 9.29. The van der Waals surface area contributed by atoms with E-state index in [2.05, 4.69) is 36.0 Å². The van der Waals surface area contributed by atoms with Gasteiger partial charge in [0, 0.05) is 19.5 Å². The zero-order valence-electron chi connectivity index (χ0n) is 21.4. The number of benzene rings is 1. The first-order valence-corrected chi connectivity index (χ1v) is 12.5. The van der Waals surface area contributed by atoms with Crippen LogP contribution in [0.2, 0.25) is 0 Å². The Labute approximate surface area is 219 Å². The summed E-state index contributed by atoms with van der Waals surface area (Å²) in [4.78, 5) is 34.2. The maximum atomic E-state index is 13.9. The highest BCUT2D eigenvalue weighted by Crippen LogP contribution is 2.25. The quantitative estimate of drug-likeness (QED) is 0.357. The molecule has 4 rings (SSSR count). The fraction of sp³-hybridized carbons (Fsp3) is 0.480. The number of aliphatic hydroxyl groups is 1. The van der Waals surface area contributed by atoms with E-state index in [-0.39, 0.29) is 43.2 Å². The highest BCUT2D eigenvalue weighted by Gasteiger charge is 2.23. The van der Waals surface area contributed by atoms with E-state index in [1.807, 2.05) is 0 Å². The summed E-state index contributed by atoms with van der Waals surface area (Å²) in [6, 6.07) is 5.97. The van der Waals surface area contributed by atoms with Crippen molar-refractivity contribution in [1.82, 2.24) is 40.8 Å². The van der Waals surface area contributed by atoms with Crippen LogP contribution >= 0.6 is 0 Å². The minimum atomic E-state index is -0.553. The molecule has 0 bridgehead atoms. The Kier molecular flexibility index (Phi) is 8.89. The van der Waals surface area contributed by atoms with E-state index in [1.54, 1.807) is 11.7 Å². The normalized spacial score (nSPS) is 17.2. The Balaban J connectivity index is 1.37. The number of aliphatic hydroxyl groups excluding tert-OH is 1. The second kappa shape index (κ2) is 12.5. The summed E-state index contributed by atoms with van der Waals surface area (Å²) in [6.07, 6.45) is 3.76. The fourth-order valence-electron chi connectivity index (χ4n) is 4.43. The molecule has 1 aromatic carbocycles. The molecule has 1 saturated carbocycles. The van der Waals surface area contributed by atoms with Gasteiger partial charge in [-0.25, -0.2) is 14.4 Å². The van der Waals surface area contributed by atoms with Crippen molar-refractivity contribution in [3.05, 3.63) is 47.2 Å². The van der Waals surface area contributed by atoms with Gasteiger partial charge < -0.3 is 20.5 Å². The largest absolute Gasteiger partial charge is 0.488 e. The third kappa shape index (κ3) is 7.28. The molecule has 1 aliphatic carbocycles. The number of amides is 2. The lowest BCUT2D eigenvalue weighted by Gasteiger charge is -2.28. The first kappa shape index (κ1) is 27.0. The molecule has 0 saturated heterocycles. The minimum Gasteiger partial charge on any atom is -0.488 e. The SMILES string of the molecule is CC(=O)N[C@H]1CC[C@H](Cn2nnc(-c3cc(C(=O)NCc4ccc(F)c(OCCO)c4)nc(C)n3)n2)CC1. The summed E-state index contributed by atoms with van der Waals surface area (Å²) in [5, 5.41) is 27.3. The van der Waals surface area contributed by atoms with Crippen molar-refractivity contribution in [3.63, 3.8) is 0 Å². The molecule has 0 radical (unpaired) electrons. The average molecular weight is 527 g/mol. The number of rotatable bonds is 10. The van der Waals surface area contributed by atoms with Gasteiger partial charge in [-0.15, -0.1) is 10.2 Å². The van der Waals surface area contributed by atoms with Gasteiger partial charge in [0.1, 0.15) is 23.8 Å². The molecule has 202 valence electrons. The lowest BCUT2D eigenvalue weighted by Crippen LogP contribution is -2.36. The van der Waals surface area contributed by atoms with E-state index < -0.39 is 11.7 Å². The van der Waals surface area contributed by atoms with Gasteiger partial charge in [0.05, 0.1) is 13.2 Å². The number of carbonyl (C=O) groups excluding carboxylic acids is 2. The van der Waals surface area contributed by atoms with E-state index in [0.29, 0.717) is 35.4 Å². The van der Waals surface area contributed by atoms with Crippen molar-refractivity contribution in [2.45, 2.75) is 58.7 Å². The Hall–Kier alpha value is -4.00. The van der Waals surface area contributed by atoms with Crippen molar-refractivity contribution in [2.75, 3.05) is 13.2 Å². The summed E-state index contributed by atoms with van der Waals surface area (Å²) in [5.41, 5.74) is 1.14. The van der Waals surface area contributed by atoms with Crippen LogP contribution in [0.1, 0.15) is 54.5 Å². The molecular formula is C25H31FN8O4. The van der Waals surface area contributed by atoms with Crippen LogP contribution in [0.3, 0.4) is 0 Å². The van der Waals surface area contributed by atoms with Crippen LogP contribution in [0.4, 0.5) is 4.39 Å². The van der Waals surface area contributed by atoms with Crippen molar-refractivity contribution < 1.29 is 23.8 Å². The molecule has 1 fully saturated rings. The van der Waals surface area contributed by atoms with Gasteiger partial charge in [-0.1, -0.05) is 6.07 Å². The predicted octanol–water partition coefficient (Wildman–Crippen LogP) is 1.57. The Morgan fingerprint density at radius 3 is 2.71 bits per heavy atom. The maximum Gasteiger partial charge on any atom is 0.270 e. The number of ether oxygens (including phenoxy) is 1. The number of halogens is 1. The van der Waals surface area contributed by atoms with Crippen LogP contribution in [0.5, 0.6) is 5.75 Å². The first-order chi connectivity index (χ1) is 18.3. The molecule has 0 atom stereocenters. The average Bonchev–Trinajstić information content (AvgIpc) is 3.36. The first-order valence-electron chi connectivity index (χ1n) is 12.5. The van der Waals surface area contributed by atoms with Crippen LogP contribution in [0.15, 0.2) is 24.3 Å². The van der Waals surface area contributed by atoms with Gasteiger partial charge >= 0.3 is 0 Å². The molecule has 2 heterocycles. The Bertz CT molecular complexity index is 1280. The molecule has 2 aromatic heterocycles. The van der Waals surface area contributed by atoms with Crippen LogP contribution < -0.4 is 15.4 Å². The van der Waals surface area contributed by atoms with Crippen LogP contribution in [-0.2, 0) is 17.9 Å². The number of carbonyl (C=O) groups is 2. The zero-order valence-corrected chi connectivity index (χ0v) is 21.4. The molecule has 3 N–H and O–H groups in total. The summed E-state index contributed by atoms with van der Waals surface area (Å²) in [6.45, 7) is 3.66. The summed E-state index contributed by atoms with van der Waals surface area (Å²) in [5.74, 6) is 0.0580. The topological polar surface area (TPSA) is 157 Å². The van der Waals surface area contributed by atoms with Gasteiger partial charge in [-0.3, -0.25) is 9.59 Å². The van der Waals surface area contributed by atoms with Crippen LogP contribution in [-0.4, -0.2) is 66.4 Å². The van der Waals surface area contributed by atoms with Gasteiger partial charge in [0.2, 0.25) is 11.7 Å². The standard InChI is InChI=1S/C25H31FN8O4/c1-15-28-21(24-31-33-34(32-24)14-17-3-6-19(7-4-17)30-16(2)36)12-22(29-15)25(37)27-13-18-5-8-20(26)23(11-18)38-10-9-35/h5,8,11-12,17,19,35H,3-4,6-7,9-10,13-14H2,1-2H3,(H,27,37)(H,30,36)/t17-,19-. The van der Waals surface area contributed by atoms with E-state index in [0.717, 1.165) is 25.7 Å². The molecule has 3 aromatic rings. The number of aromatic nitrogens is 6. The fourth-order valence-corrected chi connectivity index (χ4v) is 4.43. The van der Waals surface area contributed by atoms with Crippen molar-refractivity contribution in [3.8, 4) is 17.3 Å². The third-order valence-corrected chi connectivity index (χ3v) is 6.23. The van der Waals surface area contributed by atoms with Gasteiger partial charge in [-0.2, -0.15) is 4.80 Å². The Morgan fingerprint density at radius 2 is 1.97 bits per heavy atom. The number of tetrazole rings is 1. The number of nitrogens with zero attached hydrogens (tertiary/aromatic N) is 6. The molecule has 12 nitrogen and oxygen atoms in total. The van der Waals surface area contributed by atoms with E-state index in [1.165, 1.54) is 31.2 Å². The van der Waals surface area contributed by atoms with Crippen molar-refractivity contribution >= 4 is 11.8 Å². The molecular weight excluding hydrogens is 495 g/mol. The van der Waals surface area contributed by atoms with Crippen molar-refractivity contribution in [1.29, 1.82) is 0 Å². The lowest BCUT2D eigenvalue weighted by molar-refractivity contribution is -0.119. The monoisotopic (exact) mass is 526 g/mol. The number of hydrogen-bond donors (Lipinski definition) is 3. The minimum absolute atomic E-state index is 0.000832. The molecule has 0 aliphatic heterocycles. The molecule has 0 unspecified atom stereocenters. The lowest BCUT2D eigenvalue weighted by atomic mass is 9.86. The summed E-state index contributed by atoms with van der Waals surface area (Å²) in [7, 11) is 0. The molecule has 1 aliphatic rings. The molecule has 2 amide bonds. The van der Waals surface area contributed by atoms with Gasteiger partial charge in [0.25, 0.3) is 5.91 Å². The summed E-state index contributed by atoms with van der Waals surface area (Å²) < 4.78 is 19.0. The van der Waals surface area contributed by atoms with E-state index >= 15 is 0 Å². The maximum absolute atomic E-state index is 13.9.